The average molecular weight is 880 g/mol. The van der Waals surface area contributed by atoms with E-state index in [0.29, 0.717) is 24.8 Å². The number of carbonyl (C=O) groups excluding carboxylic acids is 2. The molecule has 2 aromatic heterocycles. The van der Waals surface area contributed by atoms with Crippen molar-refractivity contribution in [3.8, 4) is 0 Å². The van der Waals surface area contributed by atoms with Gasteiger partial charge in [0.05, 0.1) is 17.1 Å². The van der Waals surface area contributed by atoms with E-state index in [9.17, 15) is 9.59 Å². The van der Waals surface area contributed by atoms with Crippen LogP contribution in [0.25, 0.3) is 5.57 Å². The highest BCUT2D eigenvalue weighted by Gasteiger charge is 2.28. The van der Waals surface area contributed by atoms with Crippen LogP contribution < -0.4 is 0 Å². The predicted molar refractivity (Wildman–Crippen MR) is 251 cm³/mol. The molecule has 63 heavy (non-hydrogen) atoms. The molecular formula is C50H67ClN8O4. The van der Waals surface area contributed by atoms with Crippen molar-refractivity contribution >= 4 is 29.4 Å². The Kier molecular flexibility index (Phi) is 17.4. The molecule has 0 fully saturated rings. The maximum atomic E-state index is 12.3. The molecule has 0 N–H and O–H groups in total. The Hall–Kier alpha value is -5.17. The molecule has 13 heteroatoms. The third-order valence-electron chi connectivity index (χ3n) is 10.9. The SMILES string of the molecule is C.CC(C)(C)OC(=O)N1CC=C(c2ncnc3c2CN(Cc2ccccc2)CC3)CC1.CC1=CCN(C(=O)OC(C)(C)C)CC1.Clc1ncnc2c1CN(Cc1ccccc1)CC2. The highest BCUT2D eigenvalue weighted by molar-refractivity contribution is 6.30. The van der Waals surface area contributed by atoms with Gasteiger partial charge in [-0.1, -0.05) is 97.4 Å². The number of aromatic nitrogens is 4. The van der Waals surface area contributed by atoms with Gasteiger partial charge in [0.2, 0.25) is 0 Å². The van der Waals surface area contributed by atoms with Crippen LogP contribution in [0.3, 0.4) is 0 Å². The van der Waals surface area contributed by atoms with Crippen LogP contribution in [0.15, 0.2) is 91.0 Å². The van der Waals surface area contributed by atoms with Crippen molar-refractivity contribution in [2.75, 3.05) is 39.3 Å². The lowest BCUT2D eigenvalue weighted by atomic mass is 9.95. The standard InChI is InChI=1S/C24H30N4O2.C14H14ClN3.C11H19NO2.CH4/c1-24(2,3)30-23(29)28-13-9-19(10-14-28)22-20-16-27(12-11-21(20)25-17-26-22)15-18-7-5-4-6-8-18;15-14-12-9-18(7-6-13(12)16-10-17-14)8-11-4-2-1-3-5-11;1-9-5-7-12(8-6-9)10(13)14-11(2,3)4;/h4-9,17H,10-16H2,1-3H3;1-5,10H,6-9H2;5H,6-8H2,1-4H3;1H4. The van der Waals surface area contributed by atoms with Gasteiger partial charge in [0.1, 0.15) is 29.0 Å². The fraction of sp³-hybridized carbons (Fsp3) is 0.480. The molecule has 0 bridgehead atoms. The van der Waals surface area contributed by atoms with E-state index >= 15 is 0 Å². The van der Waals surface area contributed by atoms with Gasteiger partial charge in [0.15, 0.2) is 0 Å². The van der Waals surface area contributed by atoms with Crippen molar-refractivity contribution in [3.63, 3.8) is 0 Å². The Morgan fingerprint density at radius 2 is 1.10 bits per heavy atom. The van der Waals surface area contributed by atoms with Gasteiger partial charge in [-0.15, -0.1) is 0 Å². The van der Waals surface area contributed by atoms with Gasteiger partial charge in [0, 0.05) is 89.4 Å². The van der Waals surface area contributed by atoms with Crippen molar-refractivity contribution in [2.24, 2.45) is 0 Å². The molecule has 8 rings (SSSR count). The van der Waals surface area contributed by atoms with Gasteiger partial charge in [-0.05, 0) is 78.0 Å². The Labute approximate surface area is 380 Å². The van der Waals surface area contributed by atoms with E-state index in [0.717, 1.165) is 94.1 Å². The fourth-order valence-electron chi connectivity index (χ4n) is 7.63. The maximum Gasteiger partial charge on any atom is 0.410 e. The molecule has 2 aromatic carbocycles. The van der Waals surface area contributed by atoms with E-state index in [1.54, 1.807) is 22.5 Å². The molecule has 4 aliphatic rings. The molecule has 0 radical (unpaired) electrons. The summed E-state index contributed by atoms with van der Waals surface area (Å²) in [5, 5.41) is 0.595. The average Bonchev–Trinajstić information content (AvgIpc) is 3.24. The minimum Gasteiger partial charge on any atom is -0.444 e. The lowest BCUT2D eigenvalue weighted by molar-refractivity contribution is 0.0257. The molecule has 0 saturated heterocycles. The van der Waals surface area contributed by atoms with Crippen molar-refractivity contribution < 1.29 is 19.1 Å². The summed E-state index contributed by atoms with van der Waals surface area (Å²) in [6.45, 7) is 21.7. The van der Waals surface area contributed by atoms with Crippen molar-refractivity contribution in [3.05, 3.63) is 136 Å². The first-order chi connectivity index (χ1) is 29.6. The minimum atomic E-state index is -0.477. The van der Waals surface area contributed by atoms with Crippen LogP contribution in [0.5, 0.6) is 0 Å². The van der Waals surface area contributed by atoms with Crippen molar-refractivity contribution in [1.82, 2.24) is 39.5 Å². The van der Waals surface area contributed by atoms with E-state index < -0.39 is 11.2 Å². The lowest BCUT2D eigenvalue weighted by Gasteiger charge is -2.32. The second-order valence-electron chi connectivity index (χ2n) is 18.3. The zero-order chi connectivity index (χ0) is 44.3. The van der Waals surface area contributed by atoms with E-state index in [1.165, 1.54) is 27.8 Å². The van der Waals surface area contributed by atoms with E-state index in [-0.39, 0.29) is 19.6 Å². The summed E-state index contributed by atoms with van der Waals surface area (Å²) in [6, 6.07) is 21.1. The summed E-state index contributed by atoms with van der Waals surface area (Å²) >= 11 is 6.13. The number of benzene rings is 2. The molecule has 2 amide bonds. The number of ether oxygens (including phenoxy) is 2. The van der Waals surface area contributed by atoms with Crippen LogP contribution in [0, 0.1) is 0 Å². The van der Waals surface area contributed by atoms with Gasteiger partial charge in [0.25, 0.3) is 0 Å². The van der Waals surface area contributed by atoms with Gasteiger partial charge in [-0.3, -0.25) is 9.80 Å². The quantitative estimate of drug-likeness (QED) is 0.142. The fourth-order valence-corrected chi connectivity index (χ4v) is 7.84. The first kappa shape index (κ1) is 48.9. The first-order valence-electron chi connectivity index (χ1n) is 21.7. The van der Waals surface area contributed by atoms with E-state index in [1.807, 2.05) is 47.6 Å². The minimum absolute atomic E-state index is 0. The van der Waals surface area contributed by atoms with E-state index in [2.05, 4.69) is 103 Å². The molecule has 0 saturated carbocycles. The molecule has 0 spiro atoms. The van der Waals surface area contributed by atoms with Gasteiger partial charge in [-0.2, -0.15) is 0 Å². The zero-order valence-corrected chi connectivity index (χ0v) is 38.3. The first-order valence-corrected chi connectivity index (χ1v) is 22.1. The Bertz CT molecular complexity index is 2190. The third-order valence-corrected chi connectivity index (χ3v) is 11.2. The van der Waals surface area contributed by atoms with Crippen LogP contribution in [0.4, 0.5) is 9.59 Å². The summed E-state index contributed by atoms with van der Waals surface area (Å²) in [4.78, 5) is 49.8. The van der Waals surface area contributed by atoms with Crippen molar-refractivity contribution in [2.45, 2.75) is 119 Å². The molecule has 12 nitrogen and oxygen atoms in total. The second-order valence-corrected chi connectivity index (χ2v) is 18.6. The molecule has 4 aliphatic heterocycles. The van der Waals surface area contributed by atoms with Crippen LogP contribution >= 0.6 is 11.6 Å². The maximum absolute atomic E-state index is 12.3. The van der Waals surface area contributed by atoms with Gasteiger partial charge in [-0.25, -0.2) is 29.5 Å². The van der Waals surface area contributed by atoms with Crippen LogP contribution in [0.1, 0.15) is 108 Å². The Balaban J connectivity index is 0.000000193. The normalized spacial score (nSPS) is 16.6. The number of nitrogens with zero attached hydrogens (tertiary/aromatic N) is 8. The topological polar surface area (TPSA) is 117 Å². The molecule has 4 aromatic rings. The number of amides is 2. The summed E-state index contributed by atoms with van der Waals surface area (Å²) in [5.74, 6) is 0. The number of carbonyl (C=O) groups is 2. The predicted octanol–water partition coefficient (Wildman–Crippen LogP) is 9.96. The van der Waals surface area contributed by atoms with Crippen LogP contribution in [0.2, 0.25) is 5.15 Å². The summed E-state index contributed by atoms with van der Waals surface area (Å²) in [6.07, 6.45) is 10.6. The second kappa shape index (κ2) is 22.4. The molecule has 338 valence electrons. The largest absolute Gasteiger partial charge is 0.444 e. The third kappa shape index (κ3) is 15.0. The number of fused-ring (bicyclic) bond motifs is 2. The summed E-state index contributed by atoms with van der Waals surface area (Å²) in [5.41, 5.74) is 9.94. The van der Waals surface area contributed by atoms with Gasteiger partial charge >= 0.3 is 12.2 Å². The number of hydrogen-bond acceptors (Lipinski definition) is 10. The van der Waals surface area contributed by atoms with Crippen molar-refractivity contribution in [1.29, 1.82) is 0 Å². The number of hydrogen-bond donors (Lipinski definition) is 0. The van der Waals surface area contributed by atoms with Gasteiger partial charge < -0.3 is 19.3 Å². The summed E-state index contributed by atoms with van der Waals surface area (Å²) in [7, 11) is 0. The molecular weight excluding hydrogens is 812 g/mol. The highest BCUT2D eigenvalue weighted by atomic mass is 35.5. The molecule has 0 aliphatic carbocycles. The smallest absolute Gasteiger partial charge is 0.410 e. The van der Waals surface area contributed by atoms with Crippen LogP contribution in [-0.4, -0.2) is 102 Å². The summed E-state index contributed by atoms with van der Waals surface area (Å²) < 4.78 is 10.8. The Morgan fingerprint density at radius 1 is 0.619 bits per heavy atom. The Morgan fingerprint density at radius 3 is 1.57 bits per heavy atom. The zero-order valence-electron chi connectivity index (χ0n) is 37.6. The highest BCUT2D eigenvalue weighted by Crippen LogP contribution is 2.30. The molecule has 6 heterocycles. The monoisotopic (exact) mass is 878 g/mol. The number of rotatable bonds is 5. The molecule has 0 atom stereocenters. The molecule has 0 unspecified atom stereocenters. The number of halogens is 1. The van der Waals surface area contributed by atoms with E-state index in [4.69, 9.17) is 21.1 Å². The van der Waals surface area contributed by atoms with Crippen LogP contribution in [-0.2, 0) is 48.5 Å². The lowest BCUT2D eigenvalue weighted by Crippen LogP contribution is -2.39.